The molecule has 0 saturated carbocycles. The van der Waals surface area contributed by atoms with Crippen molar-refractivity contribution in [3.63, 3.8) is 0 Å². The minimum absolute atomic E-state index is 0.0154. The van der Waals surface area contributed by atoms with Gasteiger partial charge in [0.25, 0.3) is 10.0 Å². The van der Waals surface area contributed by atoms with Crippen molar-refractivity contribution in [2.24, 2.45) is 5.92 Å². The van der Waals surface area contributed by atoms with Crippen LogP contribution in [-0.4, -0.2) is 19.5 Å². The minimum Gasteiger partial charge on any atom is -0.478 e. The fourth-order valence-corrected chi connectivity index (χ4v) is 6.68. The summed E-state index contributed by atoms with van der Waals surface area (Å²) < 4.78 is 29.4. The Kier molecular flexibility index (Phi) is 6.00. The van der Waals surface area contributed by atoms with E-state index in [2.05, 4.69) is 22.2 Å². The second-order valence-electron chi connectivity index (χ2n) is 9.67. The summed E-state index contributed by atoms with van der Waals surface area (Å²) in [7, 11) is -3.82. The highest BCUT2D eigenvalue weighted by Gasteiger charge is 2.39. The average molecular weight is 523 g/mol. The van der Waals surface area contributed by atoms with E-state index in [1.807, 2.05) is 54.6 Å². The Bertz CT molecular complexity index is 1650. The van der Waals surface area contributed by atoms with Crippen LogP contribution in [0.2, 0.25) is 0 Å². The summed E-state index contributed by atoms with van der Waals surface area (Å²) in [5.41, 5.74) is 5.29. The molecule has 0 bridgehead atoms. The van der Waals surface area contributed by atoms with Gasteiger partial charge in [-0.3, -0.25) is 4.72 Å². The lowest BCUT2D eigenvalue weighted by Crippen LogP contribution is -2.30. The number of hydrogen-bond donors (Lipinski definition) is 3. The molecule has 1 heterocycles. The number of anilines is 2. The number of carboxylic acids is 1. The van der Waals surface area contributed by atoms with Crippen molar-refractivity contribution in [3.8, 4) is 11.1 Å². The Labute approximate surface area is 221 Å². The number of allylic oxidation sites excluding steroid dienone is 2. The molecule has 1 aliphatic carbocycles. The maximum absolute atomic E-state index is 13.3. The molecule has 0 unspecified atom stereocenters. The molecule has 7 heteroatoms. The van der Waals surface area contributed by atoms with Crippen LogP contribution in [0.25, 0.3) is 11.1 Å². The molecule has 0 spiro atoms. The third kappa shape index (κ3) is 4.35. The van der Waals surface area contributed by atoms with Crippen molar-refractivity contribution in [2.75, 3.05) is 10.0 Å². The van der Waals surface area contributed by atoms with Crippen molar-refractivity contribution in [1.29, 1.82) is 0 Å². The van der Waals surface area contributed by atoms with Crippen molar-refractivity contribution < 1.29 is 18.3 Å². The summed E-state index contributed by atoms with van der Waals surface area (Å²) >= 11 is 0. The first kappa shape index (κ1) is 24.0. The number of carbonyl (C=O) groups is 1. The normalized spacial score (nSPS) is 19.7. The van der Waals surface area contributed by atoms with E-state index in [1.54, 1.807) is 42.5 Å². The van der Waals surface area contributed by atoms with Crippen LogP contribution in [0.5, 0.6) is 0 Å². The topological polar surface area (TPSA) is 95.5 Å². The van der Waals surface area contributed by atoms with Gasteiger partial charge in [0.1, 0.15) is 0 Å². The maximum atomic E-state index is 13.3. The summed E-state index contributed by atoms with van der Waals surface area (Å²) in [6.07, 6.45) is 4.97. The van der Waals surface area contributed by atoms with Crippen LogP contribution in [0.1, 0.15) is 39.9 Å². The first-order valence-corrected chi connectivity index (χ1v) is 14.0. The molecule has 2 aliphatic rings. The number of carboxylic acid groups (broad SMARTS) is 1. The first-order chi connectivity index (χ1) is 18.4. The van der Waals surface area contributed by atoms with Gasteiger partial charge in [-0.2, -0.15) is 0 Å². The molecule has 3 N–H and O–H groups in total. The summed E-state index contributed by atoms with van der Waals surface area (Å²) in [5.74, 6) is -0.891. The molecule has 190 valence electrons. The fraction of sp³-hybridized carbons (Fsp3) is 0.129. The van der Waals surface area contributed by atoms with E-state index < -0.39 is 16.0 Å². The molecular formula is C31H26N2O4S. The van der Waals surface area contributed by atoms with E-state index in [0.717, 1.165) is 34.4 Å². The molecule has 3 atom stereocenters. The number of fused-ring (bicyclic) bond motifs is 3. The molecule has 0 radical (unpaired) electrons. The highest BCUT2D eigenvalue weighted by Crippen LogP contribution is 2.50. The van der Waals surface area contributed by atoms with Crippen LogP contribution in [-0.2, 0) is 10.0 Å². The quantitative estimate of drug-likeness (QED) is 0.246. The van der Waals surface area contributed by atoms with Crippen LogP contribution in [0.15, 0.2) is 114 Å². The Hall–Kier alpha value is -4.36. The molecule has 38 heavy (non-hydrogen) atoms. The molecule has 0 fully saturated rings. The number of hydrogen-bond acceptors (Lipinski definition) is 4. The van der Waals surface area contributed by atoms with E-state index in [0.29, 0.717) is 5.69 Å². The van der Waals surface area contributed by atoms with Crippen LogP contribution in [0.4, 0.5) is 11.4 Å². The lowest BCUT2D eigenvalue weighted by atomic mass is 9.76. The van der Waals surface area contributed by atoms with Gasteiger partial charge in [0.15, 0.2) is 0 Å². The molecule has 6 rings (SSSR count). The third-order valence-corrected chi connectivity index (χ3v) is 8.79. The zero-order valence-electron chi connectivity index (χ0n) is 20.4. The lowest BCUT2D eigenvalue weighted by Gasteiger charge is -2.38. The number of aromatic carboxylic acids is 1. The predicted octanol–water partition coefficient (Wildman–Crippen LogP) is 6.68. The molecule has 4 aromatic rings. The van der Waals surface area contributed by atoms with E-state index in [-0.39, 0.29) is 28.3 Å². The van der Waals surface area contributed by atoms with Crippen molar-refractivity contribution in [1.82, 2.24) is 0 Å². The van der Waals surface area contributed by atoms with Gasteiger partial charge in [-0.1, -0.05) is 72.8 Å². The van der Waals surface area contributed by atoms with Gasteiger partial charge in [0.2, 0.25) is 0 Å². The Morgan fingerprint density at radius 2 is 1.55 bits per heavy atom. The van der Waals surface area contributed by atoms with Gasteiger partial charge in [-0.05, 0) is 71.0 Å². The van der Waals surface area contributed by atoms with E-state index in [4.69, 9.17) is 0 Å². The van der Waals surface area contributed by atoms with E-state index in [1.165, 1.54) is 0 Å². The van der Waals surface area contributed by atoms with Gasteiger partial charge in [0, 0.05) is 17.3 Å². The smallest absolute Gasteiger partial charge is 0.336 e. The number of nitrogens with one attached hydrogen (secondary N) is 2. The van der Waals surface area contributed by atoms with Gasteiger partial charge in [0.05, 0.1) is 16.5 Å². The standard InChI is InChI=1S/C31H26N2O4S/c34-31(35)27-10-5-4-9-26(27)30-25-12-6-11-24(25)28-19-23(17-18-29(28)32-30)38(36,37)33-22-15-13-21(14-16-22)20-7-2-1-3-8-20/h1-11,13-19,24-25,30,32-33H,12H2,(H,34,35)/t24-,25+,30-/m0/s1. The minimum atomic E-state index is -3.82. The Balaban J connectivity index is 1.29. The monoisotopic (exact) mass is 522 g/mol. The van der Waals surface area contributed by atoms with Crippen LogP contribution in [0, 0.1) is 5.92 Å². The predicted molar refractivity (Wildman–Crippen MR) is 149 cm³/mol. The number of sulfonamides is 1. The fourth-order valence-electron chi connectivity index (χ4n) is 5.59. The maximum Gasteiger partial charge on any atom is 0.336 e. The van der Waals surface area contributed by atoms with Gasteiger partial charge >= 0.3 is 5.97 Å². The lowest BCUT2D eigenvalue weighted by molar-refractivity contribution is 0.0694. The zero-order valence-corrected chi connectivity index (χ0v) is 21.2. The van der Waals surface area contributed by atoms with Gasteiger partial charge in [-0.25, -0.2) is 13.2 Å². The van der Waals surface area contributed by atoms with Crippen molar-refractivity contribution in [3.05, 3.63) is 126 Å². The molecule has 0 saturated heterocycles. The largest absolute Gasteiger partial charge is 0.478 e. The Morgan fingerprint density at radius 3 is 2.32 bits per heavy atom. The molecule has 6 nitrogen and oxygen atoms in total. The highest BCUT2D eigenvalue weighted by atomic mass is 32.2. The number of benzene rings is 4. The SMILES string of the molecule is O=C(O)c1ccccc1[C@H]1Nc2ccc(S(=O)(=O)Nc3ccc(-c4ccccc4)cc3)cc2[C@H]2C=CC[C@H]21. The van der Waals surface area contributed by atoms with Gasteiger partial charge in [-0.15, -0.1) is 0 Å². The summed E-state index contributed by atoms with van der Waals surface area (Å²) in [6.45, 7) is 0. The number of rotatable bonds is 6. The van der Waals surface area contributed by atoms with Crippen LogP contribution >= 0.6 is 0 Å². The Morgan fingerprint density at radius 1 is 0.842 bits per heavy atom. The van der Waals surface area contributed by atoms with E-state index in [9.17, 15) is 18.3 Å². The molecular weight excluding hydrogens is 496 g/mol. The second kappa shape index (κ2) is 9.50. The van der Waals surface area contributed by atoms with Crippen LogP contribution < -0.4 is 10.0 Å². The summed E-state index contributed by atoms with van der Waals surface area (Å²) in [4.78, 5) is 12.1. The van der Waals surface area contributed by atoms with Gasteiger partial charge < -0.3 is 10.4 Å². The molecule has 0 aromatic heterocycles. The molecule has 4 aromatic carbocycles. The zero-order chi connectivity index (χ0) is 26.3. The van der Waals surface area contributed by atoms with Crippen molar-refractivity contribution in [2.45, 2.75) is 23.3 Å². The summed E-state index contributed by atoms with van der Waals surface area (Å²) in [6, 6.07) is 29.2. The average Bonchev–Trinajstić information content (AvgIpc) is 3.43. The highest BCUT2D eigenvalue weighted by molar-refractivity contribution is 7.92. The van der Waals surface area contributed by atoms with Crippen molar-refractivity contribution >= 4 is 27.4 Å². The summed E-state index contributed by atoms with van der Waals surface area (Å²) in [5, 5.41) is 13.2. The third-order valence-electron chi connectivity index (χ3n) is 7.42. The van der Waals surface area contributed by atoms with Crippen LogP contribution in [0.3, 0.4) is 0 Å². The first-order valence-electron chi connectivity index (χ1n) is 12.5. The molecule has 0 amide bonds. The second-order valence-corrected chi connectivity index (χ2v) is 11.3. The molecule has 1 aliphatic heterocycles. The van der Waals surface area contributed by atoms with E-state index >= 15 is 0 Å².